The summed E-state index contributed by atoms with van der Waals surface area (Å²) in [4.78, 5) is 2.95. The first-order valence-corrected chi connectivity index (χ1v) is 8.86. The molecule has 2 nitrogen and oxygen atoms in total. The van der Waals surface area contributed by atoms with Gasteiger partial charge in [-0.1, -0.05) is 19.8 Å². The number of hydrogen-bond acceptors (Lipinski definition) is 2. The van der Waals surface area contributed by atoms with Gasteiger partial charge in [-0.3, -0.25) is 4.90 Å². The smallest absolute Gasteiger partial charge is 0.0139 e. The van der Waals surface area contributed by atoms with Crippen molar-refractivity contribution in [2.75, 3.05) is 19.6 Å². The summed E-state index contributed by atoms with van der Waals surface area (Å²) in [6.07, 6.45) is 13.2. The molecule has 19 heavy (non-hydrogen) atoms. The van der Waals surface area contributed by atoms with Crippen LogP contribution in [0.25, 0.3) is 0 Å². The molecule has 1 aliphatic heterocycles. The third-order valence-electron chi connectivity index (χ3n) is 5.92. The predicted molar refractivity (Wildman–Crippen MR) is 81.4 cm³/mol. The zero-order valence-corrected chi connectivity index (χ0v) is 12.7. The number of rotatable bonds is 5. The molecule has 4 atom stereocenters. The van der Waals surface area contributed by atoms with Gasteiger partial charge in [0, 0.05) is 12.1 Å². The van der Waals surface area contributed by atoms with Crippen LogP contribution < -0.4 is 5.32 Å². The maximum atomic E-state index is 3.65. The Kier molecular flexibility index (Phi) is 4.81. The molecule has 2 aliphatic carbocycles. The van der Waals surface area contributed by atoms with Gasteiger partial charge in [0.05, 0.1) is 0 Å². The van der Waals surface area contributed by atoms with Crippen molar-refractivity contribution in [2.24, 2.45) is 11.8 Å². The minimum absolute atomic E-state index is 0.926. The number of likely N-dealkylation sites (tertiary alicyclic amines) is 1. The van der Waals surface area contributed by atoms with Crippen LogP contribution in [-0.4, -0.2) is 36.6 Å². The summed E-state index contributed by atoms with van der Waals surface area (Å²) in [7, 11) is 0. The monoisotopic (exact) mass is 264 g/mol. The highest BCUT2D eigenvalue weighted by Gasteiger charge is 2.42. The molecule has 3 rings (SSSR count). The SMILES string of the molecule is CCCNCC1CCC1N1CCCC2CCCCC21. The van der Waals surface area contributed by atoms with Gasteiger partial charge in [-0.2, -0.15) is 0 Å². The second-order valence-electron chi connectivity index (χ2n) is 7.10. The van der Waals surface area contributed by atoms with Gasteiger partial charge in [0.2, 0.25) is 0 Å². The fourth-order valence-electron chi connectivity index (χ4n) is 4.77. The lowest BCUT2D eigenvalue weighted by molar-refractivity contribution is -0.0317. The molecule has 3 aliphatic rings. The molecule has 0 aromatic carbocycles. The summed E-state index contributed by atoms with van der Waals surface area (Å²) in [5, 5.41) is 3.65. The first-order chi connectivity index (χ1) is 9.40. The summed E-state index contributed by atoms with van der Waals surface area (Å²) in [5.41, 5.74) is 0. The molecule has 1 saturated heterocycles. The fourth-order valence-corrected chi connectivity index (χ4v) is 4.77. The van der Waals surface area contributed by atoms with Gasteiger partial charge >= 0.3 is 0 Å². The summed E-state index contributed by atoms with van der Waals surface area (Å²) < 4.78 is 0. The van der Waals surface area contributed by atoms with E-state index in [1.165, 1.54) is 77.4 Å². The molecule has 0 spiro atoms. The van der Waals surface area contributed by atoms with E-state index in [9.17, 15) is 0 Å². The molecule has 0 bridgehead atoms. The Hall–Kier alpha value is -0.0800. The molecule has 2 heteroatoms. The van der Waals surface area contributed by atoms with Crippen molar-refractivity contribution in [1.82, 2.24) is 10.2 Å². The minimum Gasteiger partial charge on any atom is -0.316 e. The molecule has 0 radical (unpaired) electrons. The maximum absolute atomic E-state index is 3.65. The molecule has 110 valence electrons. The van der Waals surface area contributed by atoms with Gasteiger partial charge in [0.15, 0.2) is 0 Å². The van der Waals surface area contributed by atoms with Gasteiger partial charge in [0.1, 0.15) is 0 Å². The van der Waals surface area contributed by atoms with Gasteiger partial charge in [-0.25, -0.2) is 0 Å². The van der Waals surface area contributed by atoms with Crippen molar-refractivity contribution >= 4 is 0 Å². The zero-order chi connectivity index (χ0) is 13.1. The maximum Gasteiger partial charge on any atom is 0.0139 e. The number of nitrogens with zero attached hydrogens (tertiary/aromatic N) is 1. The van der Waals surface area contributed by atoms with Gasteiger partial charge < -0.3 is 5.32 Å². The molecule has 3 fully saturated rings. The van der Waals surface area contributed by atoms with Crippen LogP contribution in [0.5, 0.6) is 0 Å². The quantitative estimate of drug-likeness (QED) is 0.766. The van der Waals surface area contributed by atoms with Crippen LogP contribution in [0.15, 0.2) is 0 Å². The molecular formula is C17H32N2. The van der Waals surface area contributed by atoms with Crippen LogP contribution in [0.2, 0.25) is 0 Å². The lowest BCUT2D eigenvalue weighted by Crippen LogP contribution is -2.58. The van der Waals surface area contributed by atoms with E-state index in [0.717, 1.165) is 23.9 Å². The summed E-state index contributed by atoms with van der Waals surface area (Å²) in [6, 6.07) is 1.89. The Balaban J connectivity index is 1.55. The number of fused-ring (bicyclic) bond motifs is 1. The number of nitrogens with one attached hydrogen (secondary N) is 1. The van der Waals surface area contributed by atoms with E-state index in [1.54, 1.807) is 0 Å². The molecule has 0 aromatic heterocycles. The van der Waals surface area contributed by atoms with Crippen molar-refractivity contribution in [3.63, 3.8) is 0 Å². The van der Waals surface area contributed by atoms with Crippen molar-refractivity contribution in [3.8, 4) is 0 Å². The van der Waals surface area contributed by atoms with E-state index in [0.29, 0.717) is 0 Å². The van der Waals surface area contributed by atoms with Crippen molar-refractivity contribution in [2.45, 2.75) is 76.8 Å². The van der Waals surface area contributed by atoms with Crippen molar-refractivity contribution < 1.29 is 0 Å². The van der Waals surface area contributed by atoms with E-state index < -0.39 is 0 Å². The normalized spacial score (nSPS) is 39.6. The lowest BCUT2D eigenvalue weighted by atomic mass is 9.72. The highest BCUT2D eigenvalue weighted by atomic mass is 15.2. The Morgan fingerprint density at radius 1 is 0.947 bits per heavy atom. The van der Waals surface area contributed by atoms with Crippen LogP contribution in [0.4, 0.5) is 0 Å². The largest absolute Gasteiger partial charge is 0.316 e. The molecule has 1 heterocycles. The Labute approximate surface area is 119 Å². The highest BCUT2D eigenvalue weighted by molar-refractivity contribution is 4.97. The highest BCUT2D eigenvalue weighted by Crippen LogP contribution is 2.41. The van der Waals surface area contributed by atoms with E-state index >= 15 is 0 Å². The van der Waals surface area contributed by atoms with Gasteiger partial charge in [0.25, 0.3) is 0 Å². The summed E-state index contributed by atoms with van der Waals surface area (Å²) >= 11 is 0. The molecular weight excluding hydrogens is 232 g/mol. The second-order valence-corrected chi connectivity index (χ2v) is 7.10. The first kappa shape index (κ1) is 13.9. The van der Waals surface area contributed by atoms with Crippen LogP contribution in [0.1, 0.15) is 64.7 Å². The van der Waals surface area contributed by atoms with Crippen LogP contribution >= 0.6 is 0 Å². The van der Waals surface area contributed by atoms with E-state index in [2.05, 4.69) is 17.1 Å². The average molecular weight is 264 g/mol. The van der Waals surface area contributed by atoms with Gasteiger partial charge in [-0.05, 0) is 76.4 Å². The number of hydrogen-bond donors (Lipinski definition) is 1. The Bertz CT molecular complexity index is 276. The fraction of sp³-hybridized carbons (Fsp3) is 1.00. The van der Waals surface area contributed by atoms with E-state index in [-0.39, 0.29) is 0 Å². The topological polar surface area (TPSA) is 15.3 Å². The van der Waals surface area contributed by atoms with Crippen molar-refractivity contribution in [3.05, 3.63) is 0 Å². The van der Waals surface area contributed by atoms with Crippen LogP contribution in [-0.2, 0) is 0 Å². The average Bonchev–Trinajstić information content (AvgIpc) is 2.43. The van der Waals surface area contributed by atoms with Gasteiger partial charge in [-0.15, -0.1) is 0 Å². The third kappa shape index (κ3) is 3.00. The molecule has 2 saturated carbocycles. The standard InChI is InChI=1S/C17H32N2/c1-2-11-18-13-15-9-10-17(15)19-12-5-7-14-6-3-4-8-16(14)19/h14-18H,2-13H2,1H3. The lowest BCUT2D eigenvalue weighted by Gasteiger charge is -2.53. The zero-order valence-electron chi connectivity index (χ0n) is 12.7. The van der Waals surface area contributed by atoms with Crippen LogP contribution in [0, 0.1) is 11.8 Å². The third-order valence-corrected chi connectivity index (χ3v) is 5.92. The molecule has 4 unspecified atom stereocenters. The first-order valence-electron chi connectivity index (χ1n) is 8.86. The van der Waals surface area contributed by atoms with E-state index in [1.807, 2.05) is 0 Å². The second kappa shape index (κ2) is 6.58. The summed E-state index contributed by atoms with van der Waals surface area (Å²) in [5.74, 6) is 2.00. The van der Waals surface area contributed by atoms with E-state index in [4.69, 9.17) is 0 Å². The number of piperidine rings is 1. The Morgan fingerprint density at radius 3 is 2.58 bits per heavy atom. The minimum atomic E-state index is 0.926. The Morgan fingerprint density at radius 2 is 1.79 bits per heavy atom. The molecule has 0 amide bonds. The van der Waals surface area contributed by atoms with Crippen molar-refractivity contribution in [1.29, 1.82) is 0 Å². The predicted octanol–water partition coefficient (Wildman–Crippen LogP) is 3.42. The van der Waals surface area contributed by atoms with Crippen LogP contribution in [0.3, 0.4) is 0 Å². The molecule has 1 N–H and O–H groups in total. The summed E-state index contributed by atoms with van der Waals surface area (Å²) in [6.45, 7) is 6.14. The molecule has 0 aromatic rings.